The van der Waals surface area contributed by atoms with Crippen LogP contribution in [0.2, 0.25) is 0 Å². The topological polar surface area (TPSA) is 12.0 Å². The van der Waals surface area contributed by atoms with Crippen LogP contribution in [0.5, 0.6) is 0 Å². The van der Waals surface area contributed by atoms with Gasteiger partial charge in [0, 0.05) is 16.0 Å². The van der Waals surface area contributed by atoms with Crippen LogP contribution in [0.15, 0.2) is 18.2 Å². The third-order valence-corrected chi connectivity index (χ3v) is 3.30. The van der Waals surface area contributed by atoms with Crippen molar-refractivity contribution in [1.82, 2.24) is 5.32 Å². The first-order chi connectivity index (χ1) is 7.69. The lowest BCUT2D eigenvalue weighted by Crippen LogP contribution is -2.21. The van der Waals surface area contributed by atoms with Gasteiger partial charge in [0.2, 0.25) is 0 Å². The minimum absolute atomic E-state index is 0.194. The molecule has 1 aromatic carbocycles. The second-order valence-corrected chi connectivity index (χ2v) is 4.68. The molecular weight excluding hydrogens is 316 g/mol. The van der Waals surface area contributed by atoms with Crippen molar-refractivity contribution in [2.24, 2.45) is 0 Å². The molecule has 0 saturated heterocycles. The highest BCUT2D eigenvalue weighted by Gasteiger charge is 2.13. The summed E-state index contributed by atoms with van der Waals surface area (Å²) in [6.45, 7) is 2.93. The third-order valence-electron chi connectivity index (χ3n) is 2.37. The van der Waals surface area contributed by atoms with Crippen LogP contribution in [-0.2, 0) is 0 Å². The number of halogens is 2. The van der Waals surface area contributed by atoms with E-state index in [-0.39, 0.29) is 11.9 Å². The molecular formula is C13H15FIN. The first kappa shape index (κ1) is 13.5. The summed E-state index contributed by atoms with van der Waals surface area (Å²) in [6.07, 6.45) is 6.88. The van der Waals surface area contributed by atoms with Crippen LogP contribution in [0.3, 0.4) is 0 Å². The van der Waals surface area contributed by atoms with E-state index in [0.29, 0.717) is 0 Å². The van der Waals surface area contributed by atoms with Crippen LogP contribution in [-0.4, -0.2) is 6.54 Å². The summed E-state index contributed by atoms with van der Waals surface area (Å²) >= 11 is 2.16. The van der Waals surface area contributed by atoms with Gasteiger partial charge in [-0.15, -0.1) is 12.3 Å². The van der Waals surface area contributed by atoms with Crippen molar-refractivity contribution in [1.29, 1.82) is 0 Å². The molecule has 1 N–H and O–H groups in total. The molecule has 0 fully saturated rings. The molecule has 0 aliphatic heterocycles. The van der Waals surface area contributed by atoms with Gasteiger partial charge in [0.1, 0.15) is 5.82 Å². The summed E-state index contributed by atoms with van der Waals surface area (Å²) in [5, 5.41) is 3.37. The van der Waals surface area contributed by atoms with E-state index in [9.17, 15) is 4.39 Å². The number of rotatable bonds is 5. The molecule has 1 rings (SSSR count). The molecule has 16 heavy (non-hydrogen) atoms. The fraction of sp³-hybridized carbons (Fsp3) is 0.385. The molecule has 1 atom stereocenters. The second kappa shape index (κ2) is 6.87. The van der Waals surface area contributed by atoms with Crippen LogP contribution in [0.25, 0.3) is 0 Å². The molecule has 0 bridgehead atoms. The highest BCUT2D eigenvalue weighted by atomic mass is 127. The largest absolute Gasteiger partial charge is 0.310 e. The molecule has 0 heterocycles. The maximum atomic E-state index is 13.0. The maximum absolute atomic E-state index is 13.0. The van der Waals surface area contributed by atoms with Gasteiger partial charge in [-0.3, -0.25) is 0 Å². The van der Waals surface area contributed by atoms with Gasteiger partial charge in [0.15, 0.2) is 0 Å². The molecule has 0 aliphatic carbocycles. The summed E-state index contributed by atoms with van der Waals surface area (Å²) in [5.41, 5.74) is 1.12. The lowest BCUT2D eigenvalue weighted by atomic mass is 10.0. The number of benzene rings is 1. The van der Waals surface area contributed by atoms with E-state index in [2.05, 4.69) is 40.8 Å². The van der Waals surface area contributed by atoms with Crippen molar-refractivity contribution < 1.29 is 4.39 Å². The molecule has 0 aromatic heterocycles. The van der Waals surface area contributed by atoms with Gasteiger partial charge in [-0.2, -0.15) is 0 Å². The van der Waals surface area contributed by atoms with Crippen LogP contribution in [0.4, 0.5) is 4.39 Å². The lowest BCUT2D eigenvalue weighted by molar-refractivity contribution is 0.519. The van der Waals surface area contributed by atoms with Crippen molar-refractivity contribution in [3.63, 3.8) is 0 Å². The zero-order chi connectivity index (χ0) is 12.0. The van der Waals surface area contributed by atoms with Gasteiger partial charge >= 0.3 is 0 Å². The Kier molecular flexibility index (Phi) is 5.78. The fourth-order valence-corrected chi connectivity index (χ4v) is 2.48. The molecule has 1 nitrogen and oxygen atoms in total. The van der Waals surface area contributed by atoms with Gasteiger partial charge in [-0.1, -0.05) is 13.0 Å². The zero-order valence-electron chi connectivity index (χ0n) is 9.26. The van der Waals surface area contributed by atoms with E-state index in [4.69, 9.17) is 6.42 Å². The van der Waals surface area contributed by atoms with Crippen LogP contribution in [0, 0.1) is 21.7 Å². The Labute approximate surface area is 110 Å². The molecule has 0 saturated carbocycles. The van der Waals surface area contributed by atoms with Crippen LogP contribution in [0.1, 0.15) is 31.4 Å². The van der Waals surface area contributed by atoms with Crippen molar-refractivity contribution in [2.45, 2.75) is 25.8 Å². The van der Waals surface area contributed by atoms with Crippen LogP contribution < -0.4 is 5.32 Å². The monoisotopic (exact) mass is 331 g/mol. The number of terminal acetylenes is 1. The fourth-order valence-electron chi connectivity index (χ4n) is 1.63. The van der Waals surface area contributed by atoms with Gasteiger partial charge in [-0.25, -0.2) is 4.39 Å². The predicted octanol–water partition coefficient (Wildman–Crippen LogP) is 3.49. The van der Waals surface area contributed by atoms with Gasteiger partial charge in [0.25, 0.3) is 0 Å². The van der Waals surface area contributed by atoms with E-state index in [1.807, 2.05) is 6.07 Å². The van der Waals surface area contributed by atoms with Crippen molar-refractivity contribution in [3.05, 3.63) is 33.1 Å². The quantitative estimate of drug-likeness (QED) is 0.643. The maximum Gasteiger partial charge on any atom is 0.124 e. The van der Waals surface area contributed by atoms with Gasteiger partial charge < -0.3 is 5.32 Å². The van der Waals surface area contributed by atoms with Crippen LogP contribution >= 0.6 is 22.6 Å². The zero-order valence-corrected chi connectivity index (χ0v) is 11.4. The highest BCUT2D eigenvalue weighted by molar-refractivity contribution is 14.1. The molecule has 1 unspecified atom stereocenters. The van der Waals surface area contributed by atoms with E-state index in [0.717, 1.165) is 28.5 Å². The summed E-state index contributed by atoms with van der Waals surface area (Å²) in [4.78, 5) is 0. The Balaban J connectivity index is 2.87. The lowest BCUT2D eigenvalue weighted by Gasteiger charge is -2.18. The minimum Gasteiger partial charge on any atom is -0.310 e. The molecule has 0 amide bonds. The van der Waals surface area contributed by atoms with E-state index < -0.39 is 0 Å². The molecule has 0 aliphatic rings. The SMILES string of the molecule is C#CCCC(NCC)c1ccc(F)cc1I. The highest BCUT2D eigenvalue weighted by Crippen LogP contribution is 2.24. The summed E-state index contributed by atoms with van der Waals surface area (Å²) in [7, 11) is 0. The number of hydrogen-bond acceptors (Lipinski definition) is 1. The van der Waals surface area contributed by atoms with Crippen molar-refractivity contribution in [2.75, 3.05) is 6.54 Å². The molecule has 3 heteroatoms. The normalized spacial score (nSPS) is 12.1. The number of nitrogens with one attached hydrogen (secondary N) is 1. The standard InChI is InChI=1S/C13H15FIN/c1-3-5-6-13(16-4-2)11-8-7-10(14)9-12(11)15/h1,7-9,13,16H,4-6H2,2H3. The summed E-state index contributed by atoms with van der Waals surface area (Å²) in [5.74, 6) is 2.45. The Morgan fingerprint density at radius 3 is 2.88 bits per heavy atom. The van der Waals surface area contributed by atoms with Crippen molar-refractivity contribution >= 4 is 22.6 Å². The van der Waals surface area contributed by atoms with Gasteiger partial charge in [-0.05, 0) is 53.3 Å². The van der Waals surface area contributed by atoms with E-state index in [1.54, 1.807) is 6.07 Å². The molecule has 0 radical (unpaired) electrons. The molecule has 86 valence electrons. The minimum atomic E-state index is -0.194. The van der Waals surface area contributed by atoms with E-state index in [1.165, 1.54) is 6.07 Å². The summed E-state index contributed by atoms with van der Waals surface area (Å²) < 4.78 is 13.9. The molecule has 0 spiro atoms. The van der Waals surface area contributed by atoms with Gasteiger partial charge in [0.05, 0.1) is 0 Å². The number of hydrogen-bond donors (Lipinski definition) is 1. The smallest absolute Gasteiger partial charge is 0.124 e. The first-order valence-corrected chi connectivity index (χ1v) is 6.38. The Morgan fingerprint density at radius 2 is 2.31 bits per heavy atom. The first-order valence-electron chi connectivity index (χ1n) is 5.30. The van der Waals surface area contributed by atoms with Crippen molar-refractivity contribution in [3.8, 4) is 12.3 Å². The Bertz CT molecular complexity index is 384. The Hall–Kier alpha value is -0.600. The summed E-state index contributed by atoms with van der Waals surface area (Å²) in [6, 6.07) is 5.10. The average Bonchev–Trinajstić information content (AvgIpc) is 2.25. The third kappa shape index (κ3) is 3.76. The second-order valence-electron chi connectivity index (χ2n) is 3.52. The Morgan fingerprint density at radius 1 is 1.56 bits per heavy atom. The predicted molar refractivity (Wildman–Crippen MR) is 73.6 cm³/mol. The molecule has 1 aromatic rings. The average molecular weight is 331 g/mol. The van der Waals surface area contributed by atoms with E-state index >= 15 is 0 Å².